The number of benzene rings is 1. The van der Waals surface area contributed by atoms with Crippen LogP contribution in [0.5, 0.6) is 5.75 Å². The third kappa shape index (κ3) is 3.95. The summed E-state index contributed by atoms with van der Waals surface area (Å²) in [5.74, 6) is -0.243. The van der Waals surface area contributed by atoms with Crippen LogP contribution in [0.15, 0.2) is 23.6 Å². The van der Waals surface area contributed by atoms with Gasteiger partial charge in [-0.3, -0.25) is 4.79 Å². The maximum atomic E-state index is 11.8. The van der Waals surface area contributed by atoms with Crippen molar-refractivity contribution >= 4 is 34.5 Å². The molecule has 6 heteroatoms. The maximum absolute atomic E-state index is 11.8. The van der Waals surface area contributed by atoms with E-state index in [1.54, 1.807) is 29.5 Å². The molecule has 0 saturated heterocycles. The largest absolute Gasteiger partial charge is 0.504 e. The van der Waals surface area contributed by atoms with E-state index in [4.69, 9.17) is 11.6 Å². The lowest BCUT2D eigenvalue weighted by molar-refractivity contribution is -0.116. The summed E-state index contributed by atoms with van der Waals surface area (Å²) in [5.41, 5.74) is 1.36. The number of nitrogens with zero attached hydrogens (tertiary/aromatic N) is 1. The summed E-state index contributed by atoms with van der Waals surface area (Å²) in [6, 6.07) is 4.86. The molecular weight excluding hydrogens is 296 g/mol. The van der Waals surface area contributed by atoms with Gasteiger partial charge in [0.2, 0.25) is 5.91 Å². The van der Waals surface area contributed by atoms with Gasteiger partial charge < -0.3 is 10.4 Å². The molecule has 1 amide bonds. The molecule has 0 spiro atoms. The van der Waals surface area contributed by atoms with Crippen molar-refractivity contribution in [3.63, 3.8) is 0 Å². The van der Waals surface area contributed by atoms with Crippen molar-refractivity contribution in [3.05, 3.63) is 39.3 Å². The minimum absolute atomic E-state index is 0.0994. The van der Waals surface area contributed by atoms with Gasteiger partial charge in [0, 0.05) is 11.8 Å². The summed E-state index contributed by atoms with van der Waals surface area (Å²) < 4.78 is 0. The fourth-order valence-electron chi connectivity index (χ4n) is 1.78. The summed E-state index contributed by atoms with van der Waals surface area (Å²) in [7, 11) is 0. The number of para-hydroxylation sites is 1. The van der Waals surface area contributed by atoms with Gasteiger partial charge in [-0.15, -0.1) is 11.3 Å². The second-order valence-corrected chi connectivity index (χ2v) is 5.87. The first kappa shape index (κ1) is 14.8. The van der Waals surface area contributed by atoms with Gasteiger partial charge in [-0.1, -0.05) is 17.7 Å². The molecule has 1 aromatic carbocycles. The summed E-state index contributed by atoms with van der Waals surface area (Å²) >= 11 is 7.39. The zero-order valence-electron chi connectivity index (χ0n) is 11.0. The second-order valence-electron chi connectivity index (χ2n) is 4.40. The van der Waals surface area contributed by atoms with E-state index in [1.807, 2.05) is 12.3 Å². The number of aryl methyl sites for hydroxylation is 2. The van der Waals surface area contributed by atoms with Gasteiger partial charge in [0.1, 0.15) is 0 Å². The molecular formula is C14H15ClN2O2S. The molecule has 0 saturated carbocycles. The molecule has 0 fully saturated rings. The highest BCUT2D eigenvalue weighted by molar-refractivity contribution is 7.09. The van der Waals surface area contributed by atoms with E-state index in [0.29, 0.717) is 12.1 Å². The van der Waals surface area contributed by atoms with Crippen LogP contribution in [0.4, 0.5) is 5.69 Å². The van der Waals surface area contributed by atoms with Gasteiger partial charge in [0.05, 0.1) is 21.4 Å². The highest BCUT2D eigenvalue weighted by Gasteiger charge is 2.09. The number of hydrogen-bond acceptors (Lipinski definition) is 4. The van der Waals surface area contributed by atoms with E-state index in [9.17, 15) is 9.90 Å². The zero-order valence-corrected chi connectivity index (χ0v) is 12.6. The number of anilines is 1. The number of halogens is 1. The van der Waals surface area contributed by atoms with Crippen LogP contribution in [0.25, 0.3) is 0 Å². The number of nitrogens with one attached hydrogen (secondary N) is 1. The predicted molar refractivity (Wildman–Crippen MR) is 81.5 cm³/mol. The lowest BCUT2D eigenvalue weighted by Gasteiger charge is -2.07. The van der Waals surface area contributed by atoms with E-state index in [-0.39, 0.29) is 16.7 Å². The third-order valence-corrected chi connectivity index (χ3v) is 3.89. The molecule has 0 aliphatic heterocycles. The summed E-state index contributed by atoms with van der Waals surface area (Å²) in [5, 5.41) is 15.6. The molecule has 0 aliphatic rings. The Hall–Kier alpha value is -1.59. The van der Waals surface area contributed by atoms with Crippen molar-refractivity contribution in [1.82, 2.24) is 4.98 Å². The molecule has 1 heterocycles. The molecule has 2 rings (SSSR count). The Morgan fingerprint density at radius 3 is 3.00 bits per heavy atom. The lowest BCUT2D eigenvalue weighted by atomic mass is 10.2. The minimum Gasteiger partial charge on any atom is -0.504 e. The molecule has 0 radical (unpaired) electrons. The molecule has 0 unspecified atom stereocenters. The standard InChI is InChI=1S/C14H15ClN2O2S/c1-9-16-10(8-20-9)4-2-7-13(18)17-12-6-3-5-11(15)14(12)19/h3,5-6,8,19H,2,4,7H2,1H3,(H,17,18). The Kier molecular flexibility index (Phi) is 4.98. The van der Waals surface area contributed by atoms with E-state index in [2.05, 4.69) is 10.3 Å². The van der Waals surface area contributed by atoms with Crippen molar-refractivity contribution in [3.8, 4) is 5.75 Å². The number of carbonyl (C=O) groups is 1. The van der Waals surface area contributed by atoms with Crippen molar-refractivity contribution in [2.45, 2.75) is 26.2 Å². The van der Waals surface area contributed by atoms with Gasteiger partial charge in [0.25, 0.3) is 0 Å². The fraction of sp³-hybridized carbons (Fsp3) is 0.286. The maximum Gasteiger partial charge on any atom is 0.224 e. The monoisotopic (exact) mass is 310 g/mol. The number of hydrogen-bond donors (Lipinski definition) is 2. The number of amides is 1. The quantitative estimate of drug-likeness (QED) is 0.826. The number of aromatic hydroxyl groups is 1. The van der Waals surface area contributed by atoms with Crippen LogP contribution in [0, 0.1) is 6.92 Å². The van der Waals surface area contributed by atoms with Crippen molar-refractivity contribution in [2.75, 3.05) is 5.32 Å². The molecule has 2 N–H and O–H groups in total. The Morgan fingerprint density at radius 2 is 2.30 bits per heavy atom. The van der Waals surface area contributed by atoms with E-state index in [1.165, 1.54) is 0 Å². The van der Waals surface area contributed by atoms with E-state index >= 15 is 0 Å². The average molecular weight is 311 g/mol. The normalized spacial score (nSPS) is 10.5. The van der Waals surface area contributed by atoms with Crippen LogP contribution in [-0.2, 0) is 11.2 Å². The Labute approximate surface area is 126 Å². The number of thiazole rings is 1. The first-order chi connectivity index (χ1) is 9.56. The number of phenols is 1. The summed E-state index contributed by atoms with van der Waals surface area (Å²) in [6.45, 7) is 1.96. The van der Waals surface area contributed by atoms with Crippen LogP contribution in [-0.4, -0.2) is 16.0 Å². The van der Waals surface area contributed by atoms with Crippen LogP contribution < -0.4 is 5.32 Å². The Morgan fingerprint density at radius 1 is 1.50 bits per heavy atom. The molecule has 0 bridgehead atoms. The number of carbonyl (C=O) groups excluding carboxylic acids is 1. The minimum atomic E-state index is -0.144. The Bertz CT molecular complexity index is 613. The Balaban J connectivity index is 1.82. The van der Waals surface area contributed by atoms with Gasteiger partial charge in [-0.25, -0.2) is 4.98 Å². The summed E-state index contributed by atoms with van der Waals surface area (Å²) in [4.78, 5) is 16.1. The van der Waals surface area contributed by atoms with E-state index < -0.39 is 0 Å². The topological polar surface area (TPSA) is 62.2 Å². The van der Waals surface area contributed by atoms with Gasteiger partial charge in [-0.05, 0) is 31.9 Å². The molecule has 4 nitrogen and oxygen atoms in total. The predicted octanol–water partition coefficient (Wildman–Crippen LogP) is 3.77. The SMILES string of the molecule is Cc1nc(CCCC(=O)Nc2cccc(Cl)c2O)cs1. The lowest BCUT2D eigenvalue weighted by Crippen LogP contribution is -2.11. The smallest absolute Gasteiger partial charge is 0.224 e. The first-order valence-electron chi connectivity index (χ1n) is 6.24. The molecule has 2 aromatic rings. The number of rotatable bonds is 5. The summed E-state index contributed by atoms with van der Waals surface area (Å²) in [6.07, 6.45) is 1.87. The van der Waals surface area contributed by atoms with Crippen molar-refractivity contribution < 1.29 is 9.90 Å². The number of aromatic nitrogens is 1. The molecule has 1 aromatic heterocycles. The third-order valence-electron chi connectivity index (χ3n) is 2.76. The first-order valence-corrected chi connectivity index (χ1v) is 7.50. The molecule has 0 atom stereocenters. The second kappa shape index (κ2) is 6.72. The zero-order chi connectivity index (χ0) is 14.5. The van der Waals surface area contributed by atoms with Crippen LogP contribution in [0.2, 0.25) is 5.02 Å². The fourth-order valence-corrected chi connectivity index (χ4v) is 2.60. The molecule has 106 valence electrons. The average Bonchev–Trinajstić information content (AvgIpc) is 2.81. The van der Waals surface area contributed by atoms with Gasteiger partial charge in [0.15, 0.2) is 5.75 Å². The van der Waals surface area contributed by atoms with Gasteiger partial charge in [-0.2, -0.15) is 0 Å². The number of phenolic OH excluding ortho intramolecular Hbond substituents is 1. The van der Waals surface area contributed by atoms with Crippen LogP contribution in [0.3, 0.4) is 0 Å². The molecule has 0 aliphatic carbocycles. The van der Waals surface area contributed by atoms with Gasteiger partial charge >= 0.3 is 0 Å². The van der Waals surface area contributed by atoms with E-state index in [0.717, 1.165) is 23.5 Å². The molecule has 20 heavy (non-hydrogen) atoms. The highest BCUT2D eigenvalue weighted by Crippen LogP contribution is 2.31. The van der Waals surface area contributed by atoms with Crippen LogP contribution in [0.1, 0.15) is 23.5 Å². The van der Waals surface area contributed by atoms with Crippen molar-refractivity contribution in [1.29, 1.82) is 0 Å². The van der Waals surface area contributed by atoms with Crippen molar-refractivity contribution in [2.24, 2.45) is 0 Å². The van der Waals surface area contributed by atoms with Crippen LogP contribution >= 0.6 is 22.9 Å². The highest BCUT2D eigenvalue weighted by atomic mass is 35.5.